The van der Waals surface area contributed by atoms with Gasteiger partial charge in [-0.3, -0.25) is 14.3 Å². The van der Waals surface area contributed by atoms with Crippen molar-refractivity contribution in [1.82, 2.24) is 9.55 Å². The molecule has 5 N–H and O–H groups in total. The smallest absolute Gasteiger partial charge is 0.335 e. The monoisotopic (exact) mass is 318 g/mol. The molecule has 1 aliphatic heterocycles. The first-order chi connectivity index (χ1) is 10.4. The third kappa shape index (κ3) is 2.93. The number of nitrogens with one attached hydrogen (secondary N) is 1. The first-order valence-electron chi connectivity index (χ1n) is 6.15. The number of hydrogen-bond acceptors (Lipinski definition) is 8. The van der Waals surface area contributed by atoms with E-state index in [-0.39, 0.29) is 0 Å². The van der Waals surface area contributed by atoms with Crippen molar-refractivity contribution in [3.63, 3.8) is 0 Å². The molecule has 2 heterocycles. The van der Waals surface area contributed by atoms with Gasteiger partial charge in [-0.05, 0) is 0 Å². The maximum Gasteiger partial charge on any atom is 0.335 e. The molecule has 0 spiro atoms. The van der Waals surface area contributed by atoms with Crippen LogP contribution in [0.3, 0.4) is 0 Å². The predicted octanol–water partition coefficient (Wildman–Crippen LogP) is -3.42. The van der Waals surface area contributed by atoms with E-state index >= 15 is 0 Å². The molecule has 0 amide bonds. The highest BCUT2D eigenvalue weighted by atomic mass is 16.6. The molecule has 1 aromatic heterocycles. The summed E-state index contributed by atoms with van der Waals surface area (Å²) < 4.78 is 10.5. The molecular formula is C11H14N2O9. The number of carbonyl (C=O) groups is 1. The summed E-state index contributed by atoms with van der Waals surface area (Å²) in [6.07, 6.45) is -6.99. The van der Waals surface area contributed by atoms with E-state index in [0.717, 1.165) is 16.8 Å². The molecule has 0 saturated carbocycles. The van der Waals surface area contributed by atoms with Crippen molar-refractivity contribution >= 4 is 5.97 Å². The highest BCUT2D eigenvalue weighted by Gasteiger charge is 2.50. The molecule has 1 fully saturated rings. The summed E-state index contributed by atoms with van der Waals surface area (Å²) in [5.74, 6) is -1.53. The second-order valence-corrected chi connectivity index (χ2v) is 4.54. The van der Waals surface area contributed by atoms with Gasteiger partial charge in [0.05, 0.1) is 0 Å². The number of carboxylic acid groups (broad SMARTS) is 1. The van der Waals surface area contributed by atoms with Crippen LogP contribution in [0.4, 0.5) is 0 Å². The highest BCUT2D eigenvalue weighted by Crippen LogP contribution is 2.31. The summed E-state index contributed by atoms with van der Waals surface area (Å²) in [5.41, 5.74) is -1.57. The number of carboxylic acids is 1. The average molecular weight is 318 g/mol. The van der Waals surface area contributed by atoms with E-state index in [9.17, 15) is 24.6 Å². The van der Waals surface area contributed by atoms with Crippen molar-refractivity contribution in [3.05, 3.63) is 33.1 Å². The summed E-state index contributed by atoms with van der Waals surface area (Å²) in [4.78, 5) is 35.7. The van der Waals surface area contributed by atoms with Gasteiger partial charge in [0.25, 0.3) is 5.56 Å². The zero-order valence-corrected chi connectivity index (χ0v) is 11.0. The fourth-order valence-corrected chi connectivity index (χ4v) is 2.18. The molecule has 0 aromatic carbocycles. The Morgan fingerprint density at radius 1 is 1.41 bits per heavy atom. The van der Waals surface area contributed by atoms with Crippen LogP contribution in [0.1, 0.15) is 6.23 Å². The van der Waals surface area contributed by atoms with E-state index in [1.165, 1.54) is 0 Å². The van der Waals surface area contributed by atoms with E-state index in [4.69, 9.17) is 14.9 Å². The minimum absolute atomic E-state index is 0.669. The second kappa shape index (κ2) is 6.37. The van der Waals surface area contributed by atoms with Gasteiger partial charge in [0.15, 0.2) is 12.3 Å². The zero-order chi connectivity index (χ0) is 16.4. The summed E-state index contributed by atoms with van der Waals surface area (Å²) >= 11 is 0. The van der Waals surface area contributed by atoms with E-state index < -0.39 is 54.7 Å². The molecule has 0 bridgehead atoms. The van der Waals surface area contributed by atoms with Gasteiger partial charge in [0.2, 0.25) is 0 Å². The van der Waals surface area contributed by atoms with Gasteiger partial charge in [0.1, 0.15) is 25.1 Å². The number of ether oxygens (including phenoxy) is 2. The van der Waals surface area contributed by atoms with Crippen molar-refractivity contribution in [1.29, 1.82) is 0 Å². The topological polar surface area (TPSA) is 171 Å². The Kier molecular flexibility index (Phi) is 4.73. The maximum absolute atomic E-state index is 11.7. The van der Waals surface area contributed by atoms with Crippen molar-refractivity contribution in [3.8, 4) is 0 Å². The van der Waals surface area contributed by atoms with Gasteiger partial charge >= 0.3 is 11.7 Å². The van der Waals surface area contributed by atoms with E-state index in [1.54, 1.807) is 0 Å². The van der Waals surface area contributed by atoms with Gasteiger partial charge in [-0.15, -0.1) is 0 Å². The van der Waals surface area contributed by atoms with Crippen LogP contribution < -0.4 is 11.2 Å². The number of hydrogen-bond donors (Lipinski definition) is 5. The van der Waals surface area contributed by atoms with Gasteiger partial charge in [-0.25, -0.2) is 9.59 Å². The Labute approximate surface area is 122 Å². The van der Waals surface area contributed by atoms with Gasteiger partial charge in [-0.2, -0.15) is 0 Å². The van der Waals surface area contributed by atoms with Gasteiger partial charge in [0, 0.05) is 12.3 Å². The van der Waals surface area contributed by atoms with Crippen LogP contribution in [0.15, 0.2) is 21.9 Å². The molecule has 1 aliphatic rings. The van der Waals surface area contributed by atoms with Crippen LogP contribution in [0.25, 0.3) is 0 Å². The molecule has 5 atom stereocenters. The van der Waals surface area contributed by atoms with Gasteiger partial charge < -0.3 is 29.9 Å². The quantitative estimate of drug-likeness (QED) is 0.346. The summed E-state index contributed by atoms with van der Waals surface area (Å²) in [7, 11) is 0. The average Bonchev–Trinajstić information content (AvgIpc) is 2.73. The lowest BCUT2D eigenvalue weighted by Gasteiger charge is -2.21. The molecule has 122 valence electrons. The number of aliphatic hydroxyl groups is 3. The van der Waals surface area contributed by atoms with Gasteiger partial charge in [-0.1, -0.05) is 0 Å². The lowest BCUT2D eigenvalue weighted by Crippen LogP contribution is -2.44. The van der Waals surface area contributed by atoms with Crippen LogP contribution >= 0.6 is 0 Å². The molecule has 0 radical (unpaired) electrons. The van der Waals surface area contributed by atoms with Crippen molar-refractivity contribution in [2.45, 2.75) is 30.6 Å². The Balaban J connectivity index is 2.31. The van der Waals surface area contributed by atoms with Crippen LogP contribution in [0.2, 0.25) is 0 Å². The highest BCUT2D eigenvalue weighted by molar-refractivity contribution is 5.73. The standard InChI is InChI=1S/C11H14N2O9/c14-3-21-8(10(18)19)7-5(16)6(17)9(22-7)13-2-1-4(15)12-11(13)20/h1-2,5-9,14,16-17H,3H2,(H,18,19)(H,12,15,20)/t5-,6+,7-,8?,9+/m0/s1. The molecule has 11 nitrogen and oxygen atoms in total. The van der Waals surface area contributed by atoms with Crippen LogP contribution in [-0.2, 0) is 14.3 Å². The van der Waals surface area contributed by atoms with Crippen LogP contribution in [0.5, 0.6) is 0 Å². The minimum Gasteiger partial charge on any atom is -0.479 e. The van der Waals surface area contributed by atoms with E-state index in [2.05, 4.69) is 4.74 Å². The summed E-state index contributed by atoms with van der Waals surface area (Å²) in [5, 5.41) is 37.5. The normalized spacial score (nSPS) is 29.4. The lowest BCUT2D eigenvalue weighted by atomic mass is 10.1. The van der Waals surface area contributed by atoms with E-state index in [1.807, 2.05) is 4.98 Å². The third-order valence-electron chi connectivity index (χ3n) is 3.20. The Bertz CT molecular complexity index is 653. The third-order valence-corrected chi connectivity index (χ3v) is 3.20. The first kappa shape index (κ1) is 16.3. The van der Waals surface area contributed by atoms with Crippen molar-refractivity contribution in [2.75, 3.05) is 6.79 Å². The molecular weight excluding hydrogens is 304 g/mol. The Morgan fingerprint density at radius 3 is 2.64 bits per heavy atom. The predicted molar refractivity (Wildman–Crippen MR) is 66.8 cm³/mol. The summed E-state index contributed by atoms with van der Waals surface area (Å²) in [6.45, 7) is -0.942. The molecule has 1 aromatic rings. The number of H-pyrrole nitrogens is 1. The fourth-order valence-electron chi connectivity index (χ4n) is 2.18. The number of aliphatic carboxylic acids is 1. The second-order valence-electron chi connectivity index (χ2n) is 4.54. The van der Waals surface area contributed by atoms with Crippen molar-refractivity contribution in [2.24, 2.45) is 0 Å². The summed E-state index contributed by atoms with van der Waals surface area (Å²) in [6, 6.07) is 0.996. The number of rotatable bonds is 5. The van der Waals surface area contributed by atoms with Crippen molar-refractivity contribution < 1.29 is 34.7 Å². The zero-order valence-electron chi connectivity index (χ0n) is 11.0. The molecule has 1 saturated heterocycles. The van der Waals surface area contributed by atoms with Crippen LogP contribution in [0, 0.1) is 0 Å². The lowest BCUT2D eigenvalue weighted by molar-refractivity contribution is -0.179. The van der Waals surface area contributed by atoms with E-state index in [0.29, 0.717) is 0 Å². The number of aliphatic hydroxyl groups excluding tert-OH is 3. The first-order valence-corrected chi connectivity index (χ1v) is 6.15. The fraction of sp³-hybridized carbons (Fsp3) is 0.545. The number of aromatic nitrogens is 2. The Hall–Kier alpha value is -2.05. The molecule has 1 unspecified atom stereocenters. The van der Waals surface area contributed by atoms with Crippen LogP contribution in [-0.4, -0.2) is 67.2 Å². The molecule has 11 heteroatoms. The largest absolute Gasteiger partial charge is 0.479 e. The number of aromatic amines is 1. The maximum atomic E-state index is 11.7. The molecule has 2 rings (SSSR count). The number of nitrogens with zero attached hydrogens (tertiary/aromatic N) is 1. The molecule has 22 heavy (non-hydrogen) atoms. The minimum atomic E-state index is -1.75. The molecule has 0 aliphatic carbocycles. The Morgan fingerprint density at radius 2 is 2.09 bits per heavy atom. The SMILES string of the molecule is O=C(O)C(OCO)[C@H]1O[C@@H](n2ccc(=O)[nH]c2=O)[C@H](O)[C@@H]1O.